The number of benzene rings is 3. The predicted octanol–water partition coefficient (Wildman–Crippen LogP) is 3.70. The number of carbonyl (C=O) groups excluding carboxylic acids is 1. The van der Waals surface area contributed by atoms with Crippen LogP contribution in [0.1, 0.15) is 15.9 Å². The maximum absolute atomic E-state index is 14.4. The molecule has 0 saturated carbocycles. The average molecular weight is 469 g/mol. The van der Waals surface area contributed by atoms with Gasteiger partial charge in [-0.05, 0) is 29.8 Å². The molecular weight excluding hydrogens is 451 g/mol. The van der Waals surface area contributed by atoms with Gasteiger partial charge >= 0.3 is 5.69 Å². The molecule has 0 radical (unpaired) electrons. The van der Waals surface area contributed by atoms with Crippen molar-refractivity contribution in [2.45, 2.75) is 6.54 Å². The van der Waals surface area contributed by atoms with Crippen molar-refractivity contribution in [2.75, 3.05) is 7.05 Å². The number of phenols is 2. The summed E-state index contributed by atoms with van der Waals surface area (Å²) in [5, 5.41) is 27.4. The molecule has 0 aliphatic rings. The highest BCUT2D eigenvalue weighted by Crippen LogP contribution is 2.35. The van der Waals surface area contributed by atoms with Gasteiger partial charge in [-0.3, -0.25) is 4.79 Å². The number of hydrogen-bond donors (Lipinski definition) is 3. The van der Waals surface area contributed by atoms with Crippen molar-refractivity contribution in [2.24, 2.45) is 0 Å². The third-order valence-corrected chi connectivity index (χ3v) is 5.43. The van der Waals surface area contributed by atoms with Crippen LogP contribution < -0.4 is 5.69 Å². The van der Waals surface area contributed by atoms with Crippen LogP contribution in [0, 0.1) is 5.82 Å². The summed E-state index contributed by atoms with van der Waals surface area (Å²) in [6.07, 6.45) is 0. The molecule has 3 N–H and O–H groups in total. The molecule has 0 spiro atoms. The number of rotatable bonds is 5. The van der Waals surface area contributed by atoms with E-state index in [0.717, 1.165) is 10.6 Å². The summed E-state index contributed by atoms with van der Waals surface area (Å²) in [6.45, 7) is 0.163. The van der Waals surface area contributed by atoms with E-state index in [2.05, 4.69) is 10.2 Å². The van der Waals surface area contributed by atoms with Crippen molar-refractivity contribution in [1.82, 2.24) is 19.7 Å². The van der Waals surface area contributed by atoms with Crippen LogP contribution in [0.25, 0.3) is 17.1 Å². The summed E-state index contributed by atoms with van der Waals surface area (Å²) >= 11 is 6.17. The van der Waals surface area contributed by atoms with E-state index in [0.29, 0.717) is 10.6 Å². The number of carbonyl (C=O) groups is 1. The minimum atomic E-state index is -0.744. The molecule has 3 aromatic carbocycles. The molecule has 1 amide bonds. The van der Waals surface area contributed by atoms with Crippen LogP contribution in [0.2, 0.25) is 5.02 Å². The van der Waals surface area contributed by atoms with Crippen LogP contribution in [-0.2, 0) is 6.54 Å². The van der Waals surface area contributed by atoms with E-state index in [1.165, 1.54) is 42.3 Å². The first kappa shape index (κ1) is 22.1. The number of halogens is 2. The molecule has 0 aliphatic heterocycles. The number of phenolic OH excluding ortho intramolecular Hbond substituents is 2. The molecule has 10 heteroatoms. The molecule has 0 saturated heterocycles. The van der Waals surface area contributed by atoms with Gasteiger partial charge in [0.25, 0.3) is 5.91 Å². The van der Waals surface area contributed by atoms with Gasteiger partial charge < -0.3 is 15.1 Å². The molecule has 0 atom stereocenters. The standard InChI is InChI=1S/C23H18ClFN4O4/c1-28(12-13-6-2-3-7-16(13)24)22(32)15-10-14(19(30)11-20(15)31)21-26-27-23(33)29(21)18-9-5-4-8-17(18)25/h2-11,30-31H,12H2,1H3,(H,27,33). The Morgan fingerprint density at radius 2 is 1.82 bits per heavy atom. The van der Waals surface area contributed by atoms with Crippen molar-refractivity contribution in [3.05, 3.63) is 93.1 Å². The first-order valence-electron chi connectivity index (χ1n) is 9.75. The Morgan fingerprint density at radius 1 is 1.12 bits per heavy atom. The maximum Gasteiger partial charge on any atom is 0.348 e. The molecule has 33 heavy (non-hydrogen) atoms. The number of aromatic amines is 1. The third-order valence-electron chi connectivity index (χ3n) is 5.06. The van der Waals surface area contributed by atoms with Crippen LogP contribution in [0.4, 0.5) is 4.39 Å². The fourth-order valence-electron chi connectivity index (χ4n) is 3.42. The highest BCUT2D eigenvalue weighted by molar-refractivity contribution is 6.31. The van der Waals surface area contributed by atoms with Crippen LogP contribution in [0.5, 0.6) is 11.5 Å². The van der Waals surface area contributed by atoms with E-state index in [1.807, 2.05) is 0 Å². The number of aromatic nitrogens is 3. The molecule has 0 fully saturated rings. The van der Waals surface area contributed by atoms with Gasteiger partial charge in [0.1, 0.15) is 17.3 Å². The van der Waals surface area contributed by atoms with Crippen LogP contribution >= 0.6 is 11.6 Å². The van der Waals surface area contributed by atoms with E-state index in [-0.39, 0.29) is 29.2 Å². The SMILES string of the molecule is CN(Cc1ccccc1Cl)C(=O)c1cc(-c2n[nH]c(=O)n2-c2ccccc2F)c(O)cc1O. The fraction of sp³-hybridized carbons (Fsp3) is 0.0870. The molecule has 0 bridgehead atoms. The predicted molar refractivity (Wildman–Crippen MR) is 120 cm³/mol. The zero-order chi connectivity index (χ0) is 23.7. The molecule has 1 aromatic heterocycles. The fourth-order valence-corrected chi connectivity index (χ4v) is 3.62. The third kappa shape index (κ3) is 4.18. The van der Waals surface area contributed by atoms with Crippen molar-refractivity contribution in [1.29, 1.82) is 0 Å². The van der Waals surface area contributed by atoms with Crippen LogP contribution in [0.3, 0.4) is 0 Å². The van der Waals surface area contributed by atoms with E-state index in [1.54, 1.807) is 24.3 Å². The van der Waals surface area contributed by atoms with Crippen molar-refractivity contribution in [3.63, 3.8) is 0 Å². The normalized spacial score (nSPS) is 10.9. The van der Waals surface area contributed by atoms with Crippen LogP contribution in [-0.4, -0.2) is 42.8 Å². The number of H-pyrrole nitrogens is 1. The Hall–Kier alpha value is -4.11. The first-order chi connectivity index (χ1) is 15.8. The molecule has 0 aliphatic carbocycles. The number of hydrogen-bond acceptors (Lipinski definition) is 5. The van der Waals surface area contributed by atoms with Gasteiger partial charge in [-0.1, -0.05) is 41.9 Å². The highest BCUT2D eigenvalue weighted by atomic mass is 35.5. The minimum absolute atomic E-state index is 0.0519. The van der Waals surface area contributed by atoms with Crippen molar-refractivity contribution >= 4 is 17.5 Å². The number of para-hydroxylation sites is 1. The van der Waals surface area contributed by atoms with E-state index in [9.17, 15) is 24.2 Å². The molecular formula is C23H18ClFN4O4. The van der Waals surface area contributed by atoms with E-state index >= 15 is 0 Å². The van der Waals surface area contributed by atoms with Gasteiger partial charge in [0.2, 0.25) is 0 Å². The van der Waals surface area contributed by atoms with Gasteiger partial charge in [0, 0.05) is 24.7 Å². The zero-order valence-electron chi connectivity index (χ0n) is 17.3. The summed E-state index contributed by atoms with van der Waals surface area (Å²) in [6, 6.07) is 14.7. The number of nitrogens with one attached hydrogen (secondary N) is 1. The van der Waals surface area contributed by atoms with E-state index < -0.39 is 28.9 Å². The van der Waals surface area contributed by atoms with Gasteiger partial charge in [-0.15, -0.1) is 0 Å². The molecule has 8 nitrogen and oxygen atoms in total. The quantitative estimate of drug-likeness (QED) is 0.413. The molecule has 4 rings (SSSR count). The molecule has 0 unspecified atom stereocenters. The Labute approximate surface area is 192 Å². The first-order valence-corrected chi connectivity index (χ1v) is 10.1. The lowest BCUT2D eigenvalue weighted by molar-refractivity contribution is 0.0782. The Kier molecular flexibility index (Phi) is 5.89. The summed E-state index contributed by atoms with van der Waals surface area (Å²) in [7, 11) is 1.53. The van der Waals surface area contributed by atoms with Crippen molar-refractivity contribution in [3.8, 4) is 28.6 Å². The largest absolute Gasteiger partial charge is 0.507 e. The summed E-state index contributed by atoms with van der Waals surface area (Å²) in [5.41, 5.74) is -0.334. The summed E-state index contributed by atoms with van der Waals surface area (Å²) in [5.74, 6) is -2.30. The lowest BCUT2D eigenvalue weighted by Gasteiger charge is -2.19. The maximum atomic E-state index is 14.4. The zero-order valence-corrected chi connectivity index (χ0v) is 18.0. The molecule has 1 heterocycles. The lowest BCUT2D eigenvalue weighted by atomic mass is 10.1. The lowest BCUT2D eigenvalue weighted by Crippen LogP contribution is -2.26. The topological polar surface area (TPSA) is 111 Å². The van der Waals surface area contributed by atoms with Gasteiger partial charge in [-0.25, -0.2) is 18.9 Å². The second-order valence-corrected chi connectivity index (χ2v) is 7.69. The average Bonchev–Trinajstić information content (AvgIpc) is 3.16. The van der Waals surface area contributed by atoms with Gasteiger partial charge in [-0.2, -0.15) is 5.10 Å². The van der Waals surface area contributed by atoms with Crippen molar-refractivity contribution < 1.29 is 19.4 Å². The van der Waals surface area contributed by atoms with Crippen LogP contribution in [0.15, 0.2) is 65.5 Å². The molecule has 168 valence electrons. The smallest absolute Gasteiger partial charge is 0.348 e. The Balaban J connectivity index is 1.77. The Bertz CT molecular complexity index is 1420. The van der Waals surface area contributed by atoms with Gasteiger partial charge in [0.15, 0.2) is 5.82 Å². The monoisotopic (exact) mass is 468 g/mol. The number of nitrogens with zero attached hydrogens (tertiary/aromatic N) is 3. The highest BCUT2D eigenvalue weighted by Gasteiger charge is 2.24. The second-order valence-electron chi connectivity index (χ2n) is 7.28. The Morgan fingerprint density at radius 3 is 2.55 bits per heavy atom. The number of amides is 1. The number of aromatic hydroxyl groups is 2. The van der Waals surface area contributed by atoms with E-state index in [4.69, 9.17) is 11.6 Å². The summed E-state index contributed by atoms with van der Waals surface area (Å²) < 4.78 is 15.3. The molecule has 4 aromatic rings. The minimum Gasteiger partial charge on any atom is -0.507 e. The van der Waals surface area contributed by atoms with Gasteiger partial charge in [0.05, 0.1) is 16.8 Å². The summed E-state index contributed by atoms with van der Waals surface area (Å²) in [4.78, 5) is 26.8. The second kappa shape index (κ2) is 8.79.